The van der Waals surface area contributed by atoms with Gasteiger partial charge < -0.3 is 10.3 Å². The van der Waals surface area contributed by atoms with Crippen LogP contribution >= 0.6 is 11.8 Å². The Labute approximate surface area is 156 Å². The number of aromatic nitrogens is 4. The maximum absolute atomic E-state index is 12.1. The fourth-order valence-corrected chi connectivity index (χ4v) is 3.87. The average Bonchev–Trinajstić information content (AvgIpc) is 3.18. The van der Waals surface area contributed by atoms with Crippen molar-refractivity contribution in [3.8, 4) is 11.4 Å². The summed E-state index contributed by atoms with van der Waals surface area (Å²) < 4.78 is 2.20. The topological polar surface area (TPSA) is 75.6 Å². The first kappa shape index (κ1) is 17.1. The summed E-state index contributed by atoms with van der Waals surface area (Å²) >= 11 is 1.45. The number of carbonyl (C=O) groups is 1. The number of aromatic amines is 1. The van der Waals surface area contributed by atoms with E-state index in [2.05, 4.69) is 37.2 Å². The second-order valence-corrected chi connectivity index (χ2v) is 8.68. The minimum absolute atomic E-state index is 0.0153. The molecule has 0 bridgehead atoms. The van der Waals surface area contributed by atoms with Gasteiger partial charge in [-0.25, -0.2) is 0 Å². The standard InChI is InChI=1S/C19H23N5OS/c1-19(2,3)21-16(25)11-26-18-23-22-17(24(18)12-8-9-12)14-10-20-15-7-5-4-6-13(14)15/h4-7,10,12,20H,8-9,11H2,1-3H3,(H,21,25). The molecular weight excluding hydrogens is 346 g/mol. The zero-order valence-corrected chi connectivity index (χ0v) is 16.1. The van der Waals surface area contributed by atoms with Crippen LogP contribution in [0.2, 0.25) is 0 Å². The lowest BCUT2D eigenvalue weighted by atomic mass is 10.1. The van der Waals surface area contributed by atoms with Crippen LogP contribution in [-0.4, -0.2) is 36.9 Å². The first-order valence-corrected chi connectivity index (χ1v) is 9.86. The van der Waals surface area contributed by atoms with Gasteiger partial charge in [0.1, 0.15) is 0 Å². The third kappa shape index (κ3) is 3.49. The zero-order valence-electron chi connectivity index (χ0n) is 15.2. The number of nitrogens with zero attached hydrogens (tertiary/aromatic N) is 3. The predicted molar refractivity (Wildman–Crippen MR) is 104 cm³/mol. The average molecular weight is 369 g/mol. The van der Waals surface area contributed by atoms with Crippen LogP contribution in [0.4, 0.5) is 0 Å². The summed E-state index contributed by atoms with van der Waals surface area (Å²) in [6, 6.07) is 8.63. The van der Waals surface area contributed by atoms with Crippen molar-refractivity contribution in [2.75, 3.05) is 5.75 Å². The Balaban J connectivity index is 1.61. The Morgan fingerprint density at radius 2 is 2.08 bits per heavy atom. The summed E-state index contributed by atoms with van der Waals surface area (Å²) in [4.78, 5) is 15.5. The monoisotopic (exact) mass is 369 g/mol. The van der Waals surface area contributed by atoms with Gasteiger partial charge in [-0.15, -0.1) is 10.2 Å². The molecule has 1 saturated carbocycles. The first-order valence-electron chi connectivity index (χ1n) is 8.87. The van der Waals surface area contributed by atoms with Crippen molar-refractivity contribution in [3.63, 3.8) is 0 Å². The summed E-state index contributed by atoms with van der Waals surface area (Å²) in [6.45, 7) is 5.95. The molecule has 6 nitrogen and oxygen atoms in total. The van der Waals surface area contributed by atoms with E-state index >= 15 is 0 Å². The fraction of sp³-hybridized carbons (Fsp3) is 0.421. The molecule has 1 aliphatic carbocycles. The molecule has 3 aromatic rings. The molecule has 2 heterocycles. The molecule has 0 aliphatic heterocycles. The van der Waals surface area contributed by atoms with Crippen LogP contribution in [-0.2, 0) is 4.79 Å². The minimum Gasteiger partial charge on any atom is -0.360 e. The predicted octanol–water partition coefficient (Wildman–Crippen LogP) is 3.77. The highest BCUT2D eigenvalue weighted by molar-refractivity contribution is 7.99. The van der Waals surface area contributed by atoms with E-state index in [1.165, 1.54) is 11.8 Å². The summed E-state index contributed by atoms with van der Waals surface area (Å²) in [5.74, 6) is 1.24. The number of hydrogen-bond acceptors (Lipinski definition) is 4. The van der Waals surface area contributed by atoms with E-state index in [9.17, 15) is 4.79 Å². The number of benzene rings is 1. The van der Waals surface area contributed by atoms with Gasteiger partial charge in [0.25, 0.3) is 0 Å². The van der Waals surface area contributed by atoms with Crippen LogP contribution < -0.4 is 5.32 Å². The maximum atomic E-state index is 12.1. The summed E-state index contributed by atoms with van der Waals surface area (Å²) in [5.41, 5.74) is 1.93. The zero-order chi connectivity index (χ0) is 18.3. The number of rotatable bonds is 5. The van der Waals surface area contributed by atoms with Crippen LogP contribution in [0.1, 0.15) is 39.7 Å². The van der Waals surface area contributed by atoms with Gasteiger partial charge in [-0.1, -0.05) is 30.0 Å². The molecule has 0 spiro atoms. The molecule has 0 saturated heterocycles. The van der Waals surface area contributed by atoms with Gasteiger partial charge in [-0.3, -0.25) is 9.36 Å². The van der Waals surface area contributed by atoms with Gasteiger partial charge in [0.15, 0.2) is 11.0 Å². The van der Waals surface area contributed by atoms with Crippen molar-refractivity contribution in [2.24, 2.45) is 0 Å². The Morgan fingerprint density at radius 3 is 2.81 bits per heavy atom. The Kier molecular flexibility index (Phi) is 4.26. The van der Waals surface area contributed by atoms with Crippen molar-refractivity contribution in [2.45, 2.75) is 50.4 Å². The number of hydrogen-bond donors (Lipinski definition) is 2. The Morgan fingerprint density at radius 1 is 1.31 bits per heavy atom. The molecule has 0 unspecified atom stereocenters. The molecule has 1 aliphatic rings. The largest absolute Gasteiger partial charge is 0.360 e. The van der Waals surface area contributed by atoms with Crippen molar-refractivity contribution >= 4 is 28.6 Å². The lowest BCUT2D eigenvalue weighted by Gasteiger charge is -2.20. The van der Waals surface area contributed by atoms with Gasteiger partial charge >= 0.3 is 0 Å². The fourth-order valence-electron chi connectivity index (χ4n) is 3.06. The number of thioether (sulfide) groups is 1. The molecule has 0 atom stereocenters. The number of amides is 1. The van der Waals surface area contributed by atoms with Crippen molar-refractivity contribution in [1.29, 1.82) is 0 Å². The van der Waals surface area contributed by atoms with Crippen LogP contribution in [0.15, 0.2) is 35.6 Å². The van der Waals surface area contributed by atoms with Gasteiger partial charge in [-0.2, -0.15) is 0 Å². The highest BCUT2D eigenvalue weighted by Gasteiger charge is 2.31. The van der Waals surface area contributed by atoms with Gasteiger partial charge in [-0.05, 0) is 39.7 Å². The highest BCUT2D eigenvalue weighted by Crippen LogP contribution is 2.42. The molecule has 2 N–H and O–H groups in total. The van der Waals surface area contributed by atoms with Crippen LogP contribution in [0.5, 0.6) is 0 Å². The molecule has 1 amide bonds. The van der Waals surface area contributed by atoms with Crippen LogP contribution in [0.25, 0.3) is 22.3 Å². The van der Waals surface area contributed by atoms with Crippen LogP contribution in [0.3, 0.4) is 0 Å². The maximum Gasteiger partial charge on any atom is 0.230 e. The number of para-hydroxylation sites is 1. The van der Waals surface area contributed by atoms with Crippen molar-refractivity contribution in [3.05, 3.63) is 30.5 Å². The third-order valence-corrected chi connectivity index (χ3v) is 5.20. The third-order valence-electron chi connectivity index (χ3n) is 4.25. The highest BCUT2D eigenvalue weighted by atomic mass is 32.2. The van der Waals surface area contributed by atoms with Gasteiger partial charge in [0.2, 0.25) is 5.91 Å². The van der Waals surface area contributed by atoms with E-state index in [0.717, 1.165) is 40.3 Å². The lowest BCUT2D eigenvalue weighted by molar-refractivity contribution is -0.119. The van der Waals surface area contributed by atoms with Crippen molar-refractivity contribution in [1.82, 2.24) is 25.1 Å². The minimum atomic E-state index is -0.225. The molecule has 0 radical (unpaired) electrons. The summed E-state index contributed by atoms with van der Waals surface area (Å²) in [5, 5.41) is 13.8. The summed E-state index contributed by atoms with van der Waals surface area (Å²) in [7, 11) is 0. The van der Waals surface area contributed by atoms with Crippen LogP contribution in [0, 0.1) is 0 Å². The number of H-pyrrole nitrogens is 1. The molecular formula is C19H23N5OS. The Hall–Kier alpha value is -2.28. The molecule has 136 valence electrons. The van der Waals surface area contributed by atoms with E-state index in [4.69, 9.17) is 0 Å². The lowest BCUT2D eigenvalue weighted by Crippen LogP contribution is -2.41. The van der Waals surface area contributed by atoms with Crippen molar-refractivity contribution < 1.29 is 4.79 Å². The number of fused-ring (bicyclic) bond motifs is 1. The molecule has 26 heavy (non-hydrogen) atoms. The normalized spacial score (nSPS) is 14.7. The quantitative estimate of drug-likeness (QED) is 0.671. The Bertz CT molecular complexity index is 948. The van der Waals surface area contributed by atoms with E-state index in [0.29, 0.717) is 11.8 Å². The molecule has 7 heteroatoms. The van der Waals surface area contributed by atoms with Gasteiger partial charge in [0, 0.05) is 34.2 Å². The summed E-state index contributed by atoms with van der Waals surface area (Å²) in [6.07, 6.45) is 4.26. The number of nitrogens with one attached hydrogen (secondary N) is 2. The van der Waals surface area contributed by atoms with E-state index in [1.807, 2.05) is 39.1 Å². The van der Waals surface area contributed by atoms with E-state index in [-0.39, 0.29) is 11.4 Å². The SMILES string of the molecule is CC(C)(C)NC(=O)CSc1nnc(-c2c[nH]c3ccccc23)n1C1CC1. The van der Waals surface area contributed by atoms with Gasteiger partial charge in [0.05, 0.1) is 5.75 Å². The first-order chi connectivity index (χ1) is 12.4. The molecule has 1 aromatic carbocycles. The molecule has 4 rings (SSSR count). The van der Waals surface area contributed by atoms with E-state index in [1.54, 1.807) is 0 Å². The molecule has 2 aromatic heterocycles. The smallest absolute Gasteiger partial charge is 0.230 e. The molecule has 1 fully saturated rings. The number of carbonyl (C=O) groups excluding carboxylic acids is 1. The van der Waals surface area contributed by atoms with E-state index < -0.39 is 0 Å². The second kappa shape index (κ2) is 6.46. The second-order valence-electron chi connectivity index (χ2n) is 7.74.